The van der Waals surface area contributed by atoms with E-state index in [1.54, 1.807) is 0 Å². The summed E-state index contributed by atoms with van der Waals surface area (Å²) in [7, 11) is -9.91. The molecule has 17 nitrogen and oxygen atoms in total. The Morgan fingerprint density at radius 2 is 0.495 bits per heavy atom. The van der Waals surface area contributed by atoms with E-state index in [1.807, 2.05) is 0 Å². The van der Waals surface area contributed by atoms with Crippen LogP contribution in [0.5, 0.6) is 0 Å². The van der Waals surface area contributed by atoms with Gasteiger partial charge in [-0.3, -0.25) is 37.3 Å². The monoisotopic (exact) mass is 1420 g/mol. The van der Waals surface area contributed by atoms with Gasteiger partial charge in [0, 0.05) is 25.7 Å². The standard InChI is InChI=1S/C78H152O17P2/c1-9-71(8)57-49-41-32-26-22-18-14-12-10-11-13-15-19-24-28-34-44-52-60-77(82)94-73(64-88-75(80)58-50-42-33-27-23-20-16-17-21-25-30-38-46-54-68(2)3)66-92-96(84,85)90-62-72(79)63-91-97(86,87)93-67-74(95-78(83)61-53-45-37-36-40-48-56-70(6)7)65-89-76(81)59-51-43-35-29-31-39-47-55-69(4)5/h68-74,79H,9-67H2,1-8H3,(H,84,85)(H,86,87)/t71?,72?,73-,74-/m1/s1. The Hall–Kier alpha value is -1.94. The number of rotatable bonds is 75. The highest BCUT2D eigenvalue weighted by Gasteiger charge is 2.30. The summed E-state index contributed by atoms with van der Waals surface area (Å²) >= 11 is 0. The Kier molecular flexibility index (Phi) is 65.9. The van der Waals surface area contributed by atoms with Gasteiger partial charge in [-0.1, -0.05) is 344 Å². The molecule has 576 valence electrons. The maximum Gasteiger partial charge on any atom is 0.472 e. The van der Waals surface area contributed by atoms with E-state index in [-0.39, 0.29) is 25.7 Å². The van der Waals surface area contributed by atoms with Crippen molar-refractivity contribution in [2.75, 3.05) is 39.6 Å². The van der Waals surface area contributed by atoms with Crippen LogP contribution in [0.25, 0.3) is 0 Å². The number of unbranched alkanes of at least 4 members (excludes halogenated alkanes) is 40. The summed E-state index contributed by atoms with van der Waals surface area (Å²) in [6, 6.07) is 0. The van der Waals surface area contributed by atoms with Gasteiger partial charge in [0.1, 0.15) is 19.3 Å². The molecule has 0 spiro atoms. The second-order valence-corrected chi connectivity index (χ2v) is 32.7. The Bertz CT molecular complexity index is 1900. The number of ether oxygens (including phenoxy) is 4. The van der Waals surface area contributed by atoms with Gasteiger partial charge >= 0.3 is 39.5 Å². The minimum atomic E-state index is -4.96. The number of aliphatic hydroxyl groups is 1. The molecule has 0 fully saturated rings. The summed E-state index contributed by atoms with van der Waals surface area (Å²) in [5.41, 5.74) is 0. The van der Waals surface area contributed by atoms with Gasteiger partial charge in [0.25, 0.3) is 0 Å². The number of hydrogen-bond donors (Lipinski definition) is 3. The van der Waals surface area contributed by atoms with Gasteiger partial charge in [-0.2, -0.15) is 0 Å². The van der Waals surface area contributed by atoms with Crippen LogP contribution in [0.3, 0.4) is 0 Å². The van der Waals surface area contributed by atoms with Crippen LogP contribution in [0.15, 0.2) is 0 Å². The van der Waals surface area contributed by atoms with Crippen molar-refractivity contribution in [1.82, 2.24) is 0 Å². The molecule has 0 rings (SSSR count). The van der Waals surface area contributed by atoms with Crippen LogP contribution in [0.2, 0.25) is 0 Å². The molecule has 0 saturated heterocycles. The zero-order chi connectivity index (χ0) is 71.7. The molecular weight excluding hydrogens is 1270 g/mol. The van der Waals surface area contributed by atoms with Crippen molar-refractivity contribution in [1.29, 1.82) is 0 Å². The van der Waals surface area contributed by atoms with Crippen LogP contribution in [0, 0.1) is 23.7 Å². The smallest absolute Gasteiger partial charge is 0.462 e. The van der Waals surface area contributed by atoms with Gasteiger partial charge in [-0.15, -0.1) is 0 Å². The molecule has 0 radical (unpaired) electrons. The zero-order valence-electron chi connectivity index (χ0n) is 63.7. The minimum Gasteiger partial charge on any atom is -0.462 e. The predicted molar refractivity (Wildman–Crippen MR) is 395 cm³/mol. The molecule has 0 amide bonds. The van der Waals surface area contributed by atoms with Crippen molar-refractivity contribution in [3.05, 3.63) is 0 Å². The average molecular weight is 1420 g/mol. The molecule has 19 heteroatoms. The zero-order valence-corrected chi connectivity index (χ0v) is 65.5. The second kappa shape index (κ2) is 67.2. The van der Waals surface area contributed by atoms with Gasteiger partial charge in [0.2, 0.25) is 0 Å². The average Bonchev–Trinajstić information content (AvgIpc) is 2.94. The lowest BCUT2D eigenvalue weighted by Gasteiger charge is -2.21. The van der Waals surface area contributed by atoms with Crippen molar-refractivity contribution in [3.8, 4) is 0 Å². The van der Waals surface area contributed by atoms with Crippen LogP contribution in [-0.4, -0.2) is 96.7 Å². The third-order valence-corrected chi connectivity index (χ3v) is 20.3. The Morgan fingerprint density at radius 1 is 0.289 bits per heavy atom. The third kappa shape index (κ3) is 70.9. The number of phosphoric ester groups is 2. The predicted octanol–water partition coefficient (Wildman–Crippen LogP) is 22.8. The summed E-state index contributed by atoms with van der Waals surface area (Å²) in [6.45, 7) is 14.1. The SMILES string of the molecule is CCC(C)CCCCCCCCCCCCCCCCCCCCC(=O)O[C@H](COC(=O)CCCCCCCCCCCCCCCC(C)C)COP(=O)(O)OCC(O)COP(=O)(O)OC[C@@H](COC(=O)CCCCCCCCCC(C)C)OC(=O)CCCCCCCCC(C)C. The van der Waals surface area contributed by atoms with Crippen LogP contribution in [-0.2, 0) is 65.4 Å². The van der Waals surface area contributed by atoms with Crippen molar-refractivity contribution in [3.63, 3.8) is 0 Å². The van der Waals surface area contributed by atoms with Crippen molar-refractivity contribution in [2.24, 2.45) is 23.7 Å². The van der Waals surface area contributed by atoms with Gasteiger partial charge in [-0.05, 0) is 49.4 Å². The van der Waals surface area contributed by atoms with E-state index in [9.17, 15) is 43.2 Å². The first-order chi connectivity index (χ1) is 46.6. The van der Waals surface area contributed by atoms with Crippen LogP contribution < -0.4 is 0 Å². The number of aliphatic hydroxyl groups excluding tert-OH is 1. The minimum absolute atomic E-state index is 0.101. The van der Waals surface area contributed by atoms with E-state index in [4.69, 9.17) is 37.0 Å². The Balaban J connectivity index is 5.18. The number of esters is 4. The molecule has 0 bridgehead atoms. The first-order valence-electron chi connectivity index (χ1n) is 40.2. The highest BCUT2D eigenvalue weighted by atomic mass is 31.2. The Morgan fingerprint density at radius 3 is 0.732 bits per heavy atom. The number of carbonyl (C=O) groups excluding carboxylic acids is 4. The lowest BCUT2D eigenvalue weighted by molar-refractivity contribution is -0.161. The van der Waals surface area contributed by atoms with Crippen LogP contribution in [0.4, 0.5) is 0 Å². The van der Waals surface area contributed by atoms with E-state index in [1.165, 1.54) is 193 Å². The van der Waals surface area contributed by atoms with E-state index in [2.05, 4.69) is 55.4 Å². The highest BCUT2D eigenvalue weighted by molar-refractivity contribution is 7.47. The molecule has 0 aromatic heterocycles. The summed E-state index contributed by atoms with van der Waals surface area (Å²) in [4.78, 5) is 72.8. The number of hydrogen-bond acceptors (Lipinski definition) is 15. The first kappa shape index (κ1) is 95.1. The normalized spacial score (nSPS) is 14.4. The fraction of sp³-hybridized carbons (Fsp3) is 0.949. The van der Waals surface area contributed by atoms with Crippen molar-refractivity contribution >= 4 is 39.5 Å². The van der Waals surface area contributed by atoms with E-state index in [0.717, 1.165) is 108 Å². The van der Waals surface area contributed by atoms with Gasteiger partial charge < -0.3 is 33.8 Å². The molecular formula is C78H152O17P2. The lowest BCUT2D eigenvalue weighted by Crippen LogP contribution is -2.30. The molecule has 0 aliphatic heterocycles. The summed E-state index contributed by atoms with van der Waals surface area (Å²) in [5, 5.41) is 10.6. The lowest BCUT2D eigenvalue weighted by atomic mass is 9.99. The van der Waals surface area contributed by atoms with Crippen LogP contribution >= 0.6 is 15.6 Å². The molecule has 0 saturated carbocycles. The van der Waals surface area contributed by atoms with E-state index >= 15 is 0 Å². The molecule has 0 aromatic carbocycles. The van der Waals surface area contributed by atoms with Gasteiger partial charge in [0.15, 0.2) is 12.2 Å². The maximum atomic E-state index is 13.1. The fourth-order valence-corrected chi connectivity index (χ4v) is 13.5. The quantitative estimate of drug-likeness (QED) is 0.0222. The molecule has 4 unspecified atom stereocenters. The van der Waals surface area contributed by atoms with E-state index in [0.29, 0.717) is 37.5 Å². The first-order valence-corrected chi connectivity index (χ1v) is 43.2. The second-order valence-electron chi connectivity index (χ2n) is 29.8. The van der Waals surface area contributed by atoms with Crippen LogP contribution in [0.1, 0.15) is 396 Å². The highest BCUT2D eigenvalue weighted by Crippen LogP contribution is 2.45. The van der Waals surface area contributed by atoms with Crippen molar-refractivity contribution < 1.29 is 80.2 Å². The third-order valence-electron chi connectivity index (χ3n) is 18.4. The maximum absolute atomic E-state index is 13.1. The molecule has 6 atom stereocenters. The molecule has 97 heavy (non-hydrogen) atoms. The largest absolute Gasteiger partial charge is 0.472 e. The fourth-order valence-electron chi connectivity index (χ4n) is 11.9. The summed E-state index contributed by atoms with van der Waals surface area (Å²) in [5.74, 6) is 0.912. The molecule has 3 N–H and O–H groups in total. The number of phosphoric acid groups is 2. The summed E-state index contributed by atoms with van der Waals surface area (Å²) < 4.78 is 68.5. The van der Waals surface area contributed by atoms with E-state index < -0.39 is 97.5 Å². The molecule has 0 heterocycles. The molecule has 0 aliphatic carbocycles. The van der Waals surface area contributed by atoms with Gasteiger partial charge in [-0.25, -0.2) is 9.13 Å². The summed E-state index contributed by atoms with van der Waals surface area (Å²) in [6.07, 6.45) is 53.1. The van der Waals surface area contributed by atoms with Gasteiger partial charge in [0.05, 0.1) is 26.4 Å². The van der Waals surface area contributed by atoms with Crippen molar-refractivity contribution in [2.45, 2.75) is 414 Å². The molecule has 0 aromatic rings. The number of carbonyl (C=O) groups is 4. The topological polar surface area (TPSA) is 237 Å². The molecule has 0 aliphatic rings. The Labute approximate surface area is 594 Å².